The number of nitrogens with two attached hydrogens (primary N) is 2. The van der Waals surface area contributed by atoms with Gasteiger partial charge in [0, 0.05) is 35.9 Å². The lowest BCUT2D eigenvalue weighted by Crippen LogP contribution is -2.40. The molecule has 0 fully saturated rings. The second kappa shape index (κ2) is 8.05. The Morgan fingerprint density at radius 3 is 2.81 bits per heavy atom. The van der Waals surface area contributed by atoms with Gasteiger partial charge in [0.2, 0.25) is 0 Å². The van der Waals surface area contributed by atoms with E-state index < -0.39 is 0 Å². The topological polar surface area (TPSA) is 108 Å². The molecule has 0 bridgehead atoms. The number of nitrogens with one attached hydrogen (secondary N) is 2. The molecule has 26 heavy (non-hydrogen) atoms. The Balaban J connectivity index is 1.58. The zero-order valence-electron chi connectivity index (χ0n) is 15.4. The number of aliphatic imine (C=N–C) groups is 1. The Labute approximate surface area is 153 Å². The van der Waals surface area contributed by atoms with E-state index in [1.54, 1.807) is 0 Å². The molecule has 0 aliphatic carbocycles. The number of benzene rings is 1. The predicted molar refractivity (Wildman–Crippen MR) is 106 cm³/mol. The number of hydrogen-bond donors (Lipinski definition) is 4. The van der Waals surface area contributed by atoms with Crippen LogP contribution in [0.5, 0.6) is 0 Å². The number of aromatic amines is 1. The molecule has 3 rings (SSSR count). The molecule has 0 amide bonds. The average molecular weight is 353 g/mol. The molecule has 1 atom stereocenters. The van der Waals surface area contributed by atoms with E-state index in [1.807, 2.05) is 0 Å². The fourth-order valence-corrected chi connectivity index (χ4v) is 3.03. The highest BCUT2D eigenvalue weighted by atomic mass is 15.2. The Morgan fingerprint density at radius 1 is 1.31 bits per heavy atom. The van der Waals surface area contributed by atoms with Crippen LogP contribution >= 0.6 is 0 Å². The van der Waals surface area contributed by atoms with Crippen molar-refractivity contribution in [3.05, 3.63) is 52.3 Å². The maximum atomic E-state index is 5.30. The van der Waals surface area contributed by atoms with Gasteiger partial charge in [-0.2, -0.15) is 0 Å². The minimum absolute atomic E-state index is 0.0695. The molecule has 6 N–H and O–H groups in total. The van der Waals surface area contributed by atoms with Gasteiger partial charge < -0.3 is 26.7 Å². The minimum atomic E-state index is 0.0695. The van der Waals surface area contributed by atoms with Gasteiger partial charge in [-0.05, 0) is 50.6 Å². The average Bonchev–Trinajstić information content (AvgIpc) is 2.96. The molecule has 1 aromatic carbocycles. The molecule has 1 aliphatic rings. The molecule has 0 saturated carbocycles. The number of hydrogen-bond acceptors (Lipinski definition) is 4. The van der Waals surface area contributed by atoms with Crippen molar-refractivity contribution < 1.29 is 0 Å². The molecule has 2 heterocycles. The summed E-state index contributed by atoms with van der Waals surface area (Å²) in [7, 11) is 0. The smallest absolute Gasteiger partial charge is 0.185 e. The van der Waals surface area contributed by atoms with Gasteiger partial charge in [-0.3, -0.25) is 4.99 Å². The number of H-pyrrole nitrogens is 1. The van der Waals surface area contributed by atoms with E-state index in [-0.39, 0.29) is 12.1 Å². The first-order chi connectivity index (χ1) is 12.5. The standard InChI is InChI=1S/C19H27N7/c1-13-10-16-12-26(14(2)25-18(16)24-13)17-6-4-15(5-7-17)11-22-8-3-9-23-19(20)21/h4-7,10,12,14,22H,3,8-9,11H2,1-2H3,(H,24,25)(H4,20,21,23). The number of aryl methyl sites for hydroxylation is 1. The first-order valence-corrected chi connectivity index (χ1v) is 8.91. The largest absolute Gasteiger partial charge is 0.370 e. The van der Waals surface area contributed by atoms with Crippen LogP contribution in [0.2, 0.25) is 0 Å². The molecule has 0 spiro atoms. The number of anilines is 1. The van der Waals surface area contributed by atoms with Gasteiger partial charge in [-0.15, -0.1) is 0 Å². The van der Waals surface area contributed by atoms with E-state index in [0.29, 0.717) is 6.54 Å². The normalized spacial score (nSPS) is 15.8. The van der Waals surface area contributed by atoms with Gasteiger partial charge >= 0.3 is 0 Å². The van der Waals surface area contributed by atoms with Crippen LogP contribution in [0.4, 0.5) is 5.69 Å². The lowest BCUT2D eigenvalue weighted by atomic mass is 10.2. The Bertz CT molecular complexity index is 876. The molecule has 1 unspecified atom stereocenters. The zero-order valence-corrected chi connectivity index (χ0v) is 15.4. The number of guanidine groups is 1. The second-order valence-electron chi connectivity index (χ2n) is 6.56. The first-order valence-electron chi connectivity index (χ1n) is 8.91. The van der Waals surface area contributed by atoms with Crippen molar-refractivity contribution >= 4 is 17.8 Å². The number of fused-ring (bicyclic) bond motifs is 1. The molecular weight excluding hydrogens is 326 g/mol. The monoisotopic (exact) mass is 353 g/mol. The van der Waals surface area contributed by atoms with Gasteiger partial charge in [-0.1, -0.05) is 12.1 Å². The van der Waals surface area contributed by atoms with Gasteiger partial charge in [0.1, 0.15) is 11.7 Å². The van der Waals surface area contributed by atoms with Crippen LogP contribution in [0.3, 0.4) is 0 Å². The highest BCUT2D eigenvalue weighted by Crippen LogP contribution is 2.20. The third-order valence-electron chi connectivity index (χ3n) is 4.33. The summed E-state index contributed by atoms with van der Waals surface area (Å²) in [5.41, 5.74) is 15.1. The zero-order chi connectivity index (χ0) is 18.5. The number of aromatic nitrogens is 1. The highest BCUT2D eigenvalue weighted by Gasteiger charge is 2.15. The van der Waals surface area contributed by atoms with E-state index in [2.05, 4.69) is 70.6 Å². The summed E-state index contributed by atoms with van der Waals surface area (Å²) in [6.07, 6.45) is 3.14. The lowest BCUT2D eigenvalue weighted by molar-refractivity contribution is 0.655. The van der Waals surface area contributed by atoms with Crippen LogP contribution in [0.15, 0.2) is 40.3 Å². The van der Waals surface area contributed by atoms with Crippen molar-refractivity contribution in [2.45, 2.75) is 33.0 Å². The summed E-state index contributed by atoms with van der Waals surface area (Å²) in [5, 5.41) is 4.54. The van der Waals surface area contributed by atoms with Crippen LogP contribution < -0.4 is 32.4 Å². The predicted octanol–water partition coefficient (Wildman–Crippen LogP) is 0.300. The summed E-state index contributed by atoms with van der Waals surface area (Å²) in [6, 6.07) is 10.7. The van der Waals surface area contributed by atoms with Crippen LogP contribution in [-0.2, 0) is 6.54 Å². The van der Waals surface area contributed by atoms with Gasteiger partial charge in [-0.25, -0.2) is 4.99 Å². The van der Waals surface area contributed by atoms with E-state index in [0.717, 1.165) is 41.6 Å². The summed E-state index contributed by atoms with van der Waals surface area (Å²) in [6.45, 7) is 6.51. The summed E-state index contributed by atoms with van der Waals surface area (Å²) in [5.74, 6) is 0.151. The molecule has 7 nitrogen and oxygen atoms in total. The third-order valence-corrected chi connectivity index (χ3v) is 4.33. The molecule has 0 radical (unpaired) electrons. The van der Waals surface area contributed by atoms with Crippen molar-refractivity contribution in [3.63, 3.8) is 0 Å². The highest BCUT2D eigenvalue weighted by molar-refractivity contribution is 5.75. The van der Waals surface area contributed by atoms with E-state index >= 15 is 0 Å². The van der Waals surface area contributed by atoms with Gasteiger partial charge in [0.05, 0.1) is 0 Å². The van der Waals surface area contributed by atoms with E-state index in [9.17, 15) is 0 Å². The Morgan fingerprint density at radius 2 is 2.08 bits per heavy atom. The molecule has 2 aromatic rings. The van der Waals surface area contributed by atoms with Crippen molar-refractivity contribution in [1.82, 2.24) is 10.3 Å². The van der Waals surface area contributed by atoms with Crippen molar-refractivity contribution in [2.75, 3.05) is 18.0 Å². The fourth-order valence-electron chi connectivity index (χ4n) is 3.03. The van der Waals surface area contributed by atoms with Crippen molar-refractivity contribution in [2.24, 2.45) is 21.5 Å². The lowest BCUT2D eigenvalue weighted by Gasteiger charge is -2.26. The number of nitrogens with zero attached hydrogens (tertiary/aromatic N) is 3. The quantitative estimate of drug-likeness (QED) is 0.326. The first kappa shape index (κ1) is 18.0. The molecule has 0 saturated heterocycles. The molecule has 1 aliphatic heterocycles. The molecular formula is C19H27N7. The SMILES string of the molecule is Cc1cc2c([nH]1)=NC(C)N(c1ccc(CNCCCN=C(N)N)cc1)C=2. The van der Waals surface area contributed by atoms with Crippen molar-refractivity contribution in [1.29, 1.82) is 0 Å². The van der Waals surface area contributed by atoms with Crippen LogP contribution in [0.1, 0.15) is 24.6 Å². The van der Waals surface area contributed by atoms with E-state index in [1.165, 1.54) is 5.56 Å². The summed E-state index contributed by atoms with van der Waals surface area (Å²) >= 11 is 0. The van der Waals surface area contributed by atoms with Crippen LogP contribution in [0, 0.1) is 6.92 Å². The summed E-state index contributed by atoms with van der Waals surface area (Å²) < 4.78 is 0. The van der Waals surface area contributed by atoms with Crippen LogP contribution in [-0.4, -0.2) is 30.2 Å². The molecule has 1 aromatic heterocycles. The minimum Gasteiger partial charge on any atom is -0.370 e. The maximum absolute atomic E-state index is 5.30. The maximum Gasteiger partial charge on any atom is 0.185 e. The number of rotatable bonds is 7. The van der Waals surface area contributed by atoms with E-state index in [4.69, 9.17) is 16.5 Å². The van der Waals surface area contributed by atoms with Gasteiger partial charge in [0.15, 0.2) is 5.96 Å². The molecule has 7 heteroatoms. The fraction of sp³-hybridized carbons (Fsp3) is 0.368. The third kappa shape index (κ3) is 4.43. The Hall–Kier alpha value is -2.80. The van der Waals surface area contributed by atoms with Crippen LogP contribution in [0.25, 0.3) is 6.20 Å². The molecule has 138 valence electrons. The van der Waals surface area contributed by atoms with Gasteiger partial charge in [0.25, 0.3) is 0 Å². The summed E-state index contributed by atoms with van der Waals surface area (Å²) in [4.78, 5) is 14.2. The van der Waals surface area contributed by atoms with Crippen molar-refractivity contribution in [3.8, 4) is 0 Å². The second-order valence-corrected chi connectivity index (χ2v) is 6.56. The Kier molecular flexibility index (Phi) is 5.58.